The van der Waals surface area contributed by atoms with E-state index in [0.29, 0.717) is 39.4 Å². The minimum absolute atomic E-state index is 0.158. The SMILES string of the molecule is CCOc1ccc(C(=O)c2cc(N)ccc2OC)c(Br)c1. The Kier molecular flexibility index (Phi) is 4.85. The lowest BCUT2D eigenvalue weighted by Crippen LogP contribution is -2.06. The zero-order valence-corrected chi connectivity index (χ0v) is 13.4. The number of nitrogen functional groups attached to an aromatic ring is 1. The van der Waals surface area contributed by atoms with Crippen LogP contribution in [0, 0.1) is 0 Å². The Labute approximate surface area is 132 Å². The third kappa shape index (κ3) is 3.36. The minimum atomic E-state index is -0.158. The number of benzene rings is 2. The second-order valence-electron chi connectivity index (χ2n) is 4.36. The Morgan fingerprint density at radius 3 is 2.57 bits per heavy atom. The van der Waals surface area contributed by atoms with Crippen molar-refractivity contribution in [2.45, 2.75) is 6.92 Å². The van der Waals surface area contributed by atoms with Crippen LogP contribution in [0.3, 0.4) is 0 Å². The Balaban J connectivity index is 2.43. The van der Waals surface area contributed by atoms with Gasteiger partial charge in [-0.05, 0) is 59.3 Å². The largest absolute Gasteiger partial charge is 0.496 e. The highest BCUT2D eigenvalue weighted by Gasteiger charge is 2.17. The van der Waals surface area contributed by atoms with Crippen molar-refractivity contribution in [3.05, 3.63) is 52.0 Å². The van der Waals surface area contributed by atoms with Crippen molar-refractivity contribution >= 4 is 27.4 Å². The number of ether oxygens (including phenoxy) is 2. The molecule has 0 aromatic heterocycles. The molecule has 4 nitrogen and oxygen atoms in total. The monoisotopic (exact) mass is 349 g/mol. The molecule has 0 unspecified atom stereocenters. The maximum absolute atomic E-state index is 12.7. The summed E-state index contributed by atoms with van der Waals surface area (Å²) in [6.45, 7) is 2.48. The van der Waals surface area contributed by atoms with Crippen LogP contribution in [0.25, 0.3) is 0 Å². The summed E-state index contributed by atoms with van der Waals surface area (Å²) in [5.74, 6) is 1.05. The third-order valence-corrected chi connectivity index (χ3v) is 3.62. The molecule has 0 saturated heterocycles. The molecule has 21 heavy (non-hydrogen) atoms. The van der Waals surface area contributed by atoms with Gasteiger partial charge >= 0.3 is 0 Å². The summed E-state index contributed by atoms with van der Waals surface area (Å²) in [5, 5.41) is 0. The van der Waals surface area contributed by atoms with Crippen LogP contribution in [-0.4, -0.2) is 19.5 Å². The number of halogens is 1. The van der Waals surface area contributed by atoms with Gasteiger partial charge in [0.2, 0.25) is 0 Å². The zero-order chi connectivity index (χ0) is 15.4. The molecule has 0 heterocycles. The van der Waals surface area contributed by atoms with Gasteiger partial charge in [0, 0.05) is 15.7 Å². The Hall–Kier alpha value is -2.01. The van der Waals surface area contributed by atoms with E-state index in [0.717, 1.165) is 0 Å². The summed E-state index contributed by atoms with van der Waals surface area (Å²) in [6, 6.07) is 10.3. The summed E-state index contributed by atoms with van der Waals surface area (Å²) in [6.07, 6.45) is 0. The van der Waals surface area contributed by atoms with Crippen LogP contribution in [0.1, 0.15) is 22.8 Å². The number of methoxy groups -OCH3 is 1. The van der Waals surface area contributed by atoms with Gasteiger partial charge < -0.3 is 15.2 Å². The second-order valence-corrected chi connectivity index (χ2v) is 5.22. The average Bonchev–Trinajstić information content (AvgIpc) is 2.47. The van der Waals surface area contributed by atoms with Gasteiger partial charge in [-0.3, -0.25) is 4.79 Å². The number of rotatable bonds is 5. The highest BCUT2D eigenvalue weighted by molar-refractivity contribution is 9.10. The standard InChI is InChI=1S/C16H16BrNO3/c1-3-21-11-5-6-12(14(17)9-11)16(19)13-8-10(18)4-7-15(13)20-2/h4-9H,3,18H2,1-2H3. The molecule has 0 saturated carbocycles. The number of hydrogen-bond donors (Lipinski definition) is 1. The van der Waals surface area contributed by atoms with Gasteiger partial charge in [-0.15, -0.1) is 0 Å². The summed E-state index contributed by atoms with van der Waals surface area (Å²) in [7, 11) is 1.52. The van der Waals surface area contributed by atoms with Gasteiger partial charge in [0.25, 0.3) is 0 Å². The zero-order valence-electron chi connectivity index (χ0n) is 11.9. The van der Waals surface area contributed by atoms with Gasteiger partial charge in [-0.25, -0.2) is 0 Å². The fourth-order valence-corrected chi connectivity index (χ4v) is 2.52. The van der Waals surface area contributed by atoms with E-state index in [9.17, 15) is 4.79 Å². The number of nitrogens with two attached hydrogens (primary N) is 1. The molecule has 2 aromatic rings. The van der Waals surface area contributed by atoms with Crippen LogP contribution >= 0.6 is 15.9 Å². The first-order valence-corrected chi connectivity index (χ1v) is 7.26. The van der Waals surface area contributed by atoms with Crippen molar-refractivity contribution in [1.82, 2.24) is 0 Å². The molecule has 0 aliphatic rings. The van der Waals surface area contributed by atoms with Crippen LogP contribution in [-0.2, 0) is 0 Å². The van der Waals surface area contributed by atoms with E-state index < -0.39 is 0 Å². The molecule has 0 bridgehead atoms. The van der Waals surface area contributed by atoms with Crippen LogP contribution < -0.4 is 15.2 Å². The van der Waals surface area contributed by atoms with Crippen LogP contribution in [0.2, 0.25) is 0 Å². The van der Waals surface area contributed by atoms with E-state index in [2.05, 4.69) is 15.9 Å². The van der Waals surface area contributed by atoms with E-state index >= 15 is 0 Å². The summed E-state index contributed by atoms with van der Waals surface area (Å²) >= 11 is 3.41. The third-order valence-electron chi connectivity index (χ3n) is 2.96. The van der Waals surface area contributed by atoms with Crippen LogP contribution in [0.15, 0.2) is 40.9 Å². The van der Waals surface area contributed by atoms with Crippen molar-refractivity contribution in [2.75, 3.05) is 19.5 Å². The minimum Gasteiger partial charge on any atom is -0.496 e. The van der Waals surface area contributed by atoms with Crippen LogP contribution in [0.5, 0.6) is 11.5 Å². The molecular formula is C16H16BrNO3. The normalized spacial score (nSPS) is 10.2. The van der Waals surface area contributed by atoms with Crippen LogP contribution in [0.4, 0.5) is 5.69 Å². The van der Waals surface area contributed by atoms with Crippen molar-refractivity contribution in [3.63, 3.8) is 0 Å². The van der Waals surface area contributed by atoms with Crippen molar-refractivity contribution < 1.29 is 14.3 Å². The molecule has 0 atom stereocenters. The van der Waals surface area contributed by atoms with Crippen molar-refractivity contribution in [3.8, 4) is 11.5 Å². The number of carbonyl (C=O) groups is 1. The number of hydrogen-bond acceptors (Lipinski definition) is 4. The first-order valence-electron chi connectivity index (χ1n) is 6.47. The molecule has 0 spiro atoms. The maximum atomic E-state index is 12.7. The highest BCUT2D eigenvalue weighted by atomic mass is 79.9. The molecule has 0 fully saturated rings. The molecule has 2 rings (SSSR count). The topological polar surface area (TPSA) is 61.5 Å². The van der Waals surface area contributed by atoms with Crippen molar-refractivity contribution in [1.29, 1.82) is 0 Å². The van der Waals surface area contributed by atoms with Gasteiger partial charge in [0.05, 0.1) is 19.3 Å². The quantitative estimate of drug-likeness (QED) is 0.660. The van der Waals surface area contributed by atoms with Crippen molar-refractivity contribution in [2.24, 2.45) is 0 Å². The molecule has 2 N–H and O–H groups in total. The van der Waals surface area contributed by atoms with E-state index in [4.69, 9.17) is 15.2 Å². The van der Waals surface area contributed by atoms with E-state index in [1.54, 1.807) is 36.4 Å². The summed E-state index contributed by atoms with van der Waals surface area (Å²) in [4.78, 5) is 12.7. The fraction of sp³-hybridized carbons (Fsp3) is 0.188. The average molecular weight is 350 g/mol. The Morgan fingerprint density at radius 2 is 1.95 bits per heavy atom. The molecule has 0 aliphatic carbocycles. The number of anilines is 1. The lowest BCUT2D eigenvalue weighted by molar-refractivity contribution is 0.103. The lowest BCUT2D eigenvalue weighted by Gasteiger charge is -2.11. The molecule has 2 aromatic carbocycles. The molecule has 0 aliphatic heterocycles. The summed E-state index contributed by atoms with van der Waals surface area (Å²) in [5.41, 5.74) is 7.24. The highest BCUT2D eigenvalue weighted by Crippen LogP contribution is 2.29. The molecule has 0 amide bonds. The van der Waals surface area contributed by atoms with E-state index in [1.165, 1.54) is 7.11 Å². The smallest absolute Gasteiger partial charge is 0.197 e. The van der Waals surface area contributed by atoms with Gasteiger partial charge in [-0.2, -0.15) is 0 Å². The predicted octanol–water partition coefficient (Wildman–Crippen LogP) is 3.67. The Morgan fingerprint density at radius 1 is 1.19 bits per heavy atom. The summed E-state index contributed by atoms with van der Waals surface area (Å²) < 4.78 is 11.3. The molecule has 5 heteroatoms. The van der Waals surface area contributed by atoms with E-state index in [-0.39, 0.29) is 5.78 Å². The number of carbonyl (C=O) groups excluding carboxylic acids is 1. The van der Waals surface area contributed by atoms with Gasteiger partial charge in [0.15, 0.2) is 5.78 Å². The predicted molar refractivity (Wildman–Crippen MR) is 86.1 cm³/mol. The molecule has 0 radical (unpaired) electrons. The number of ketones is 1. The van der Waals surface area contributed by atoms with Gasteiger partial charge in [-0.1, -0.05) is 0 Å². The Bertz CT molecular complexity index is 671. The first kappa shape index (κ1) is 15.4. The van der Waals surface area contributed by atoms with Gasteiger partial charge in [0.1, 0.15) is 11.5 Å². The first-order chi connectivity index (χ1) is 10.1. The maximum Gasteiger partial charge on any atom is 0.197 e. The molecular weight excluding hydrogens is 334 g/mol. The fourth-order valence-electron chi connectivity index (χ4n) is 1.98. The lowest BCUT2D eigenvalue weighted by atomic mass is 10.0. The second kappa shape index (κ2) is 6.63. The molecule has 110 valence electrons. The van der Waals surface area contributed by atoms with E-state index in [1.807, 2.05) is 6.92 Å².